The van der Waals surface area contributed by atoms with E-state index in [2.05, 4.69) is 15.0 Å². The number of pyridine rings is 1. The van der Waals surface area contributed by atoms with Gasteiger partial charge in [-0.25, -0.2) is 9.97 Å². The van der Waals surface area contributed by atoms with Crippen molar-refractivity contribution in [1.29, 1.82) is 0 Å². The summed E-state index contributed by atoms with van der Waals surface area (Å²) in [6, 6.07) is 4.49. The Labute approximate surface area is 101 Å². The molecule has 0 bridgehead atoms. The predicted octanol–water partition coefficient (Wildman–Crippen LogP) is 2.45. The number of halogens is 3. The van der Waals surface area contributed by atoms with E-state index < -0.39 is 12.0 Å². The smallest absolute Gasteiger partial charge is 0.384 e. The number of alkyl halides is 3. The molecule has 0 fully saturated rings. The van der Waals surface area contributed by atoms with Gasteiger partial charge in [0.1, 0.15) is 5.82 Å². The highest BCUT2D eigenvalue weighted by Gasteiger charge is 2.35. The SMILES string of the molecule is Cc1cc(-c2cc(N)nc(C(F)(F)F)n2)ccn1. The van der Waals surface area contributed by atoms with Crippen LogP contribution in [0.1, 0.15) is 11.5 Å². The fraction of sp³-hybridized carbons (Fsp3) is 0.182. The summed E-state index contributed by atoms with van der Waals surface area (Å²) in [5.74, 6) is -1.46. The van der Waals surface area contributed by atoms with Gasteiger partial charge in [0.2, 0.25) is 5.82 Å². The minimum Gasteiger partial charge on any atom is -0.384 e. The van der Waals surface area contributed by atoms with Crippen molar-refractivity contribution in [1.82, 2.24) is 15.0 Å². The Morgan fingerprint density at radius 3 is 2.50 bits per heavy atom. The number of aromatic nitrogens is 3. The Bertz CT molecular complexity index is 581. The Morgan fingerprint density at radius 1 is 1.17 bits per heavy atom. The van der Waals surface area contributed by atoms with E-state index in [9.17, 15) is 13.2 Å². The van der Waals surface area contributed by atoms with E-state index in [0.717, 1.165) is 0 Å². The fourth-order valence-electron chi connectivity index (χ4n) is 1.45. The van der Waals surface area contributed by atoms with Crippen molar-refractivity contribution in [3.63, 3.8) is 0 Å². The van der Waals surface area contributed by atoms with Crippen molar-refractivity contribution in [3.8, 4) is 11.3 Å². The third-order valence-electron chi connectivity index (χ3n) is 2.19. The highest BCUT2D eigenvalue weighted by molar-refractivity contribution is 5.61. The van der Waals surface area contributed by atoms with Gasteiger partial charge in [0.05, 0.1) is 5.69 Å². The van der Waals surface area contributed by atoms with E-state index in [1.54, 1.807) is 19.1 Å². The molecule has 2 rings (SSSR count). The van der Waals surface area contributed by atoms with Crippen LogP contribution in [-0.2, 0) is 6.18 Å². The van der Waals surface area contributed by atoms with E-state index in [0.29, 0.717) is 11.3 Å². The van der Waals surface area contributed by atoms with Crippen LogP contribution in [0.2, 0.25) is 0 Å². The van der Waals surface area contributed by atoms with Crippen LogP contribution >= 0.6 is 0 Å². The van der Waals surface area contributed by atoms with Crippen molar-refractivity contribution in [2.24, 2.45) is 0 Å². The Kier molecular flexibility index (Phi) is 2.90. The van der Waals surface area contributed by atoms with Crippen molar-refractivity contribution < 1.29 is 13.2 Å². The molecule has 0 amide bonds. The second kappa shape index (κ2) is 4.25. The predicted molar refractivity (Wildman–Crippen MR) is 59.4 cm³/mol. The van der Waals surface area contributed by atoms with Gasteiger partial charge in [0, 0.05) is 23.5 Å². The number of nitrogen functional groups attached to an aromatic ring is 1. The summed E-state index contributed by atoms with van der Waals surface area (Å²) in [5, 5.41) is 0. The number of rotatable bonds is 1. The molecule has 4 nitrogen and oxygen atoms in total. The van der Waals surface area contributed by atoms with Crippen LogP contribution in [-0.4, -0.2) is 15.0 Å². The molecule has 0 aliphatic heterocycles. The Balaban J connectivity index is 2.55. The van der Waals surface area contributed by atoms with E-state index in [1.807, 2.05) is 0 Å². The van der Waals surface area contributed by atoms with Gasteiger partial charge in [-0.1, -0.05) is 0 Å². The Morgan fingerprint density at radius 2 is 1.89 bits per heavy atom. The summed E-state index contributed by atoms with van der Waals surface area (Å²) < 4.78 is 37.6. The lowest BCUT2D eigenvalue weighted by molar-refractivity contribution is -0.144. The van der Waals surface area contributed by atoms with E-state index in [1.165, 1.54) is 12.3 Å². The minimum absolute atomic E-state index is 0.125. The average Bonchev–Trinajstić information content (AvgIpc) is 2.27. The molecule has 0 unspecified atom stereocenters. The van der Waals surface area contributed by atoms with Crippen LogP contribution < -0.4 is 5.73 Å². The standard InChI is InChI=1S/C11H9F3N4/c1-6-4-7(2-3-16-6)8-5-9(15)18-10(17-8)11(12,13)14/h2-5H,1H3,(H2,15,17,18). The molecule has 0 saturated heterocycles. The molecular weight excluding hydrogens is 245 g/mol. The first-order valence-electron chi connectivity index (χ1n) is 5.01. The summed E-state index contributed by atoms with van der Waals surface area (Å²) in [6.45, 7) is 1.73. The average molecular weight is 254 g/mol. The van der Waals surface area contributed by atoms with Gasteiger partial charge < -0.3 is 5.73 Å². The van der Waals surface area contributed by atoms with Gasteiger partial charge in [-0.2, -0.15) is 13.2 Å². The highest BCUT2D eigenvalue weighted by atomic mass is 19.4. The van der Waals surface area contributed by atoms with Gasteiger partial charge in [0.25, 0.3) is 0 Å². The molecule has 2 heterocycles. The summed E-state index contributed by atoms with van der Waals surface area (Å²) in [5.41, 5.74) is 6.68. The highest BCUT2D eigenvalue weighted by Crippen LogP contribution is 2.29. The topological polar surface area (TPSA) is 64.7 Å². The molecule has 0 aliphatic rings. The minimum atomic E-state index is -4.62. The van der Waals surface area contributed by atoms with Crippen molar-refractivity contribution in [3.05, 3.63) is 35.9 Å². The molecule has 0 aliphatic carbocycles. The second-order valence-corrected chi connectivity index (χ2v) is 3.69. The molecule has 2 N–H and O–H groups in total. The number of hydrogen-bond donors (Lipinski definition) is 1. The third-order valence-corrected chi connectivity index (χ3v) is 2.19. The number of anilines is 1. The van der Waals surface area contributed by atoms with Crippen LogP contribution in [0.5, 0.6) is 0 Å². The molecule has 7 heteroatoms. The third kappa shape index (κ3) is 2.55. The lowest BCUT2D eigenvalue weighted by atomic mass is 10.1. The normalized spacial score (nSPS) is 11.6. The van der Waals surface area contributed by atoms with Crippen LogP contribution in [0.15, 0.2) is 24.4 Å². The van der Waals surface area contributed by atoms with Gasteiger partial charge in [-0.3, -0.25) is 4.98 Å². The van der Waals surface area contributed by atoms with Crippen molar-refractivity contribution in [2.45, 2.75) is 13.1 Å². The molecule has 2 aromatic heterocycles. The molecule has 0 aromatic carbocycles. The maximum absolute atomic E-state index is 12.5. The summed E-state index contributed by atoms with van der Waals surface area (Å²) in [4.78, 5) is 10.6. The molecule has 94 valence electrons. The first-order chi connectivity index (χ1) is 8.36. The van der Waals surface area contributed by atoms with Crippen LogP contribution in [0.3, 0.4) is 0 Å². The van der Waals surface area contributed by atoms with Crippen LogP contribution in [0, 0.1) is 6.92 Å². The number of nitrogens with zero attached hydrogens (tertiary/aromatic N) is 3. The van der Waals surface area contributed by atoms with E-state index in [4.69, 9.17) is 5.73 Å². The quantitative estimate of drug-likeness (QED) is 0.848. The van der Waals surface area contributed by atoms with Crippen LogP contribution in [0.25, 0.3) is 11.3 Å². The molecular formula is C11H9F3N4. The number of hydrogen-bond acceptors (Lipinski definition) is 4. The largest absolute Gasteiger partial charge is 0.451 e. The first kappa shape index (κ1) is 12.3. The maximum Gasteiger partial charge on any atom is 0.451 e. The van der Waals surface area contributed by atoms with Crippen molar-refractivity contribution in [2.75, 3.05) is 5.73 Å². The van der Waals surface area contributed by atoms with E-state index in [-0.39, 0.29) is 11.5 Å². The number of nitrogens with two attached hydrogens (primary N) is 1. The summed E-state index contributed by atoms with van der Waals surface area (Å²) in [6.07, 6.45) is -3.12. The summed E-state index contributed by atoms with van der Waals surface area (Å²) >= 11 is 0. The zero-order valence-electron chi connectivity index (χ0n) is 9.36. The number of aryl methyl sites for hydroxylation is 1. The maximum atomic E-state index is 12.5. The van der Waals surface area contributed by atoms with Gasteiger partial charge in [-0.05, 0) is 19.1 Å². The fourth-order valence-corrected chi connectivity index (χ4v) is 1.45. The molecule has 0 saturated carbocycles. The molecule has 0 radical (unpaired) electrons. The zero-order valence-corrected chi connectivity index (χ0v) is 9.36. The second-order valence-electron chi connectivity index (χ2n) is 3.69. The van der Waals surface area contributed by atoms with Gasteiger partial charge in [0.15, 0.2) is 0 Å². The van der Waals surface area contributed by atoms with Crippen molar-refractivity contribution >= 4 is 5.82 Å². The Hall–Kier alpha value is -2.18. The lowest BCUT2D eigenvalue weighted by Gasteiger charge is -2.08. The van der Waals surface area contributed by atoms with Crippen LogP contribution in [0.4, 0.5) is 19.0 Å². The van der Waals surface area contributed by atoms with E-state index >= 15 is 0 Å². The zero-order chi connectivity index (χ0) is 13.3. The summed E-state index contributed by atoms with van der Waals surface area (Å²) in [7, 11) is 0. The molecule has 18 heavy (non-hydrogen) atoms. The monoisotopic (exact) mass is 254 g/mol. The van der Waals surface area contributed by atoms with Gasteiger partial charge >= 0.3 is 6.18 Å². The first-order valence-corrected chi connectivity index (χ1v) is 5.01. The van der Waals surface area contributed by atoms with Gasteiger partial charge in [-0.15, -0.1) is 0 Å². The lowest BCUT2D eigenvalue weighted by Crippen LogP contribution is -2.13. The molecule has 0 spiro atoms. The molecule has 0 atom stereocenters. The molecule has 2 aromatic rings.